The number of hydrogen-bond acceptors (Lipinski definition) is 4. The highest BCUT2D eigenvalue weighted by molar-refractivity contribution is 5.62. The van der Waals surface area contributed by atoms with Crippen molar-refractivity contribution >= 4 is 0 Å². The summed E-state index contributed by atoms with van der Waals surface area (Å²) in [5.41, 5.74) is 6.30. The van der Waals surface area contributed by atoms with Crippen molar-refractivity contribution in [2.75, 3.05) is 6.54 Å². The summed E-state index contributed by atoms with van der Waals surface area (Å²) >= 11 is 0. The Bertz CT molecular complexity index is 1000. The number of aromatic amines is 2. The van der Waals surface area contributed by atoms with E-state index in [9.17, 15) is 4.79 Å². The summed E-state index contributed by atoms with van der Waals surface area (Å²) in [6.07, 6.45) is 2.69. The van der Waals surface area contributed by atoms with Crippen molar-refractivity contribution in [3.05, 3.63) is 69.0 Å². The summed E-state index contributed by atoms with van der Waals surface area (Å²) in [6, 6.07) is 8.43. The molecule has 0 radical (unpaired) electrons. The number of fused-ring (bicyclic) bond motifs is 1. The summed E-state index contributed by atoms with van der Waals surface area (Å²) < 4.78 is 0. The molecule has 6 nitrogen and oxygen atoms in total. The first-order valence-corrected chi connectivity index (χ1v) is 9.45. The molecule has 0 amide bonds. The van der Waals surface area contributed by atoms with E-state index in [0.29, 0.717) is 6.54 Å². The van der Waals surface area contributed by atoms with E-state index in [2.05, 4.69) is 56.3 Å². The van der Waals surface area contributed by atoms with Gasteiger partial charge in [0.05, 0.1) is 23.1 Å². The Hall–Kier alpha value is -2.73. The zero-order chi connectivity index (χ0) is 19.0. The van der Waals surface area contributed by atoms with Crippen LogP contribution in [0.5, 0.6) is 0 Å². The van der Waals surface area contributed by atoms with Crippen LogP contribution in [-0.2, 0) is 19.5 Å². The van der Waals surface area contributed by atoms with Gasteiger partial charge in [0, 0.05) is 37.5 Å². The van der Waals surface area contributed by atoms with Gasteiger partial charge in [-0.25, -0.2) is 4.98 Å². The Morgan fingerprint density at radius 2 is 2.00 bits per heavy atom. The van der Waals surface area contributed by atoms with Crippen LogP contribution in [0.3, 0.4) is 0 Å². The fraction of sp³-hybridized carbons (Fsp3) is 0.381. The van der Waals surface area contributed by atoms with Crippen molar-refractivity contribution in [3.8, 4) is 11.3 Å². The van der Waals surface area contributed by atoms with Crippen molar-refractivity contribution in [2.45, 2.75) is 46.2 Å². The van der Waals surface area contributed by atoms with Gasteiger partial charge in [-0.3, -0.25) is 14.8 Å². The van der Waals surface area contributed by atoms with Crippen LogP contribution < -0.4 is 5.56 Å². The van der Waals surface area contributed by atoms with Crippen LogP contribution in [0.4, 0.5) is 0 Å². The van der Waals surface area contributed by atoms with Gasteiger partial charge in [0.15, 0.2) is 0 Å². The van der Waals surface area contributed by atoms with E-state index < -0.39 is 0 Å². The van der Waals surface area contributed by atoms with Gasteiger partial charge >= 0.3 is 0 Å². The van der Waals surface area contributed by atoms with Gasteiger partial charge in [-0.05, 0) is 12.5 Å². The first kappa shape index (κ1) is 17.7. The average Bonchev–Trinajstić information content (AvgIpc) is 3.10. The highest BCUT2D eigenvalue weighted by atomic mass is 16.1. The lowest BCUT2D eigenvalue weighted by molar-refractivity contribution is 0.241. The molecule has 0 unspecified atom stereocenters. The molecule has 6 heteroatoms. The van der Waals surface area contributed by atoms with E-state index in [1.807, 2.05) is 20.0 Å². The number of hydrogen-bond donors (Lipinski definition) is 2. The van der Waals surface area contributed by atoms with Crippen LogP contribution in [-0.4, -0.2) is 31.6 Å². The maximum absolute atomic E-state index is 12.5. The molecule has 0 fully saturated rings. The van der Waals surface area contributed by atoms with Crippen LogP contribution in [0.1, 0.15) is 48.0 Å². The van der Waals surface area contributed by atoms with Gasteiger partial charge < -0.3 is 4.98 Å². The predicted octanol–water partition coefficient (Wildman–Crippen LogP) is 3.15. The van der Waals surface area contributed by atoms with E-state index in [4.69, 9.17) is 0 Å². The lowest BCUT2D eigenvalue weighted by atomic mass is 10.0. The van der Waals surface area contributed by atoms with Crippen molar-refractivity contribution in [1.82, 2.24) is 25.1 Å². The minimum atomic E-state index is -0.000600. The third-order valence-corrected chi connectivity index (χ3v) is 5.16. The summed E-state index contributed by atoms with van der Waals surface area (Å²) in [5, 5.41) is 7.37. The van der Waals surface area contributed by atoms with Gasteiger partial charge in [0.1, 0.15) is 5.82 Å². The van der Waals surface area contributed by atoms with Crippen LogP contribution in [0.15, 0.2) is 35.3 Å². The van der Waals surface area contributed by atoms with Gasteiger partial charge in [-0.15, -0.1) is 0 Å². The minimum absolute atomic E-state index is 0.000600. The van der Waals surface area contributed by atoms with E-state index in [1.54, 1.807) is 0 Å². The second kappa shape index (κ2) is 7.12. The quantitative estimate of drug-likeness (QED) is 0.746. The number of H-pyrrole nitrogens is 2. The molecular formula is C21H25N5O. The zero-order valence-electron chi connectivity index (χ0n) is 16.0. The van der Waals surface area contributed by atoms with Gasteiger partial charge in [-0.1, -0.05) is 43.7 Å². The maximum Gasteiger partial charge on any atom is 0.255 e. The summed E-state index contributed by atoms with van der Waals surface area (Å²) in [4.78, 5) is 22.4. The van der Waals surface area contributed by atoms with Gasteiger partial charge in [-0.2, -0.15) is 5.10 Å². The van der Waals surface area contributed by atoms with E-state index in [-0.39, 0.29) is 11.5 Å². The molecule has 2 N–H and O–H groups in total. The lowest BCUT2D eigenvalue weighted by Crippen LogP contribution is -2.36. The van der Waals surface area contributed by atoms with Crippen LogP contribution in [0, 0.1) is 6.92 Å². The number of rotatable bonds is 4. The molecule has 4 rings (SSSR count). The molecule has 0 spiro atoms. The van der Waals surface area contributed by atoms with E-state index in [1.165, 1.54) is 5.56 Å². The Kier molecular flexibility index (Phi) is 4.66. The maximum atomic E-state index is 12.5. The molecule has 3 heterocycles. The molecule has 0 bridgehead atoms. The Morgan fingerprint density at radius 3 is 2.74 bits per heavy atom. The number of benzene rings is 1. The average molecular weight is 363 g/mol. The zero-order valence-corrected chi connectivity index (χ0v) is 16.0. The molecule has 140 valence electrons. The lowest BCUT2D eigenvalue weighted by Gasteiger charge is -2.27. The third-order valence-electron chi connectivity index (χ3n) is 5.16. The molecule has 0 saturated carbocycles. The Labute approximate surface area is 158 Å². The number of aryl methyl sites for hydroxylation is 1. The first-order valence-electron chi connectivity index (χ1n) is 9.45. The highest BCUT2D eigenvalue weighted by Gasteiger charge is 2.23. The highest BCUT2D eigenvalue weighted by Crippen LogP contribution is 2.24. The van der Waals surface area contributed by atoms with Crippen molar-refractivity contribution < 1.29 is 0 Å². The summed E-state index contributed by atoms with van der Waals surface area (Å²) in [6.45, 7) is 8.44. The molecule has 0 aliphatic carbocycles. The number of nitrogens with zero attached hydrogens (tertiary/aromatic N) is 3. The molecular weight excluding hydrogens is 338 g/mol. The molecule has 1 aliphatic rings. The SMILES string of the molecule is Cc1ccc(-c2[nH]ncc2CN2CCc3nc(C(C)C)[nH]c(=O)c3C2)cc1. The molecule has 2 aromatic heterocycles. The standard InChI is InChI=1S/C21H25N5O/c1-13(2)20-23-18-8-9-26(12-17(18)21(27)24-20)11-16-10-22-25-19(16)15-6-4-14(3)5-7-15/h4-7,10,13H,8-9,11-12H2,1-3H3,(H,22,25)(H,23,24,27). The van der Waals surface area contributed by atoms with Crippen LogP contribution in [0.2, 0.25) is 0 Å². The predicted molar refractivity (Wildman–Crippen MR) is 106 cm³/mol. The fourth-order valence-corrected chi connectivity index (χ4v) is 3.55. The first-order chi connectivity index (χ1) is 13.0. The van der Waals surface area contributed by atoms with Crippen LogP contribution in [0.25, 0.3) is 11.3 Å². The number of nitrogens with one attached hydrogen (secondary N) is 2. The Balaban J connectivity index is 1.56. The molecule has 3 aromatic rings. The largest absolute Gasteiger partial charge is 0.310 e. The molecule has 1 aromatic carbocycles. The molecule has 1 aliphatic heterocycles. The summed E-state index contributed by atoms with van der Waals surface area (Å²) in [7, 11) is 0. The smallest absolute Gasteiger partial charge is 0.255 e. The van der Waals surface area contributed by atoms with E-state index in [0.717, 1.165) is 53.4 Å². The van der Waals surface area contributed by atoms with Gasteiger partial charge in [0.25, 0.3) is 5.56 Å². The molecule has 27 heavy (non-hydrogen) atoms. The monoisotopic (exact) mass is 363 g/mol. The van der Waals surface area contributed by atoms with Crippen molar-refractivity contribution in [1.29, 1.82) is 0 Å². The minimum Gasteiger partial charge on any atom is -0.310 e. The molecule has 0 saturated heterocycles. The third kappa shape index (κ3) is 3.57. The van der Waals surface area contributed by atoms with Gasteiger partial charge in [0.2, 0.25) is 0 Å². The normalized spacial score (nSPS) is 14.5. The Morgan fingerprint density at radius 1 is 1.22 bits per heavy atom. The van der Waals surface area contributed by atoms with Crippen molar-refractivity contribution in [2.24, 2.45) is 0 Å². The second-order valence-corrected chi connectivity index (χ2v) is 7.63. The summed E-state index contributed by atoms with van der Waals surface area (Å²) in [5.74, 6) is 1.01. The number of aromatic nitrogens is 4. The molecule has 0 atom stereocenters. The topological polar surface area (TPSA) is 77.7 Å². The van der Waals surface area contributed by atoms with Crippen molar-refractivity contribution in [3.63, 3.8) is 0 Å². The van der Waals surface area contributed by atoms with Crippen LogP contribution >= 0.6 is 0 Å². The van der Waals surface area contributed by atoms with E-state index >= 15 is 0 Å². The second-order valence-electron chi connectivity index (χ2n) is 7.63. The fourth-order valence-electron chi connectivity index (χ4n) is 3.55.